The maximum atomic E-state index is 14.5. The molecule has 146 valence electrons. The van der Waals surface area contributed by atoms with E-state index < -0.39 is 46.0 Å². The third-order valence-electron chi connectivity index (χ3n) is 3.62. The van der Waals surface area contributed by atoms with E-state index in [1.807, 2.05) is 0 Å². The number of rotatable bonds is 4. The molecule has 0 atom stereocenters. The van der Waals surface area contributed by atoms with Crippen LogP contribution in [0.2, 0.25) is 0 Å². The molecule has 9 heteroatoms. The number of carbonyl (C=O) groups is 3. The summed E-state index contributed by atoms with van der Waals surface area (Å²) in [6, 6.07) is 4.84. The molecule has 0 radical (unpaired) electrons. The van der Waals surface area contributed by atoms with Crippen LogP contribution in [0.15, 0.2) is 24.4 Å². The summed E-state index contributed by atoms with van der Waals surface area (Å²) in [5.74, 6) is -4.87. The van der Waals surface area contributed by atoms with Crippen molar-refractivity contribution in [3.8, 4) is 6.07 Å². The summed E-state index contributed by atoms with van der Waals surface area (Å²) in [6.45, 7) is 5.00. The number of halogens is 2. The number of Topliss-reactive ketones (excluding diaryl/α,β-unsaturated/α-hetero) is 1. The molecule has 0 spiro atoms. The molecule has 1 aromatic carbocycles. The Hall–Kier alpha value is -3.54. The van der Waals surface area contributed by atoms with Gasteiger partial charge in [-0.3, -0.25) is 14.4 Å². The Labute approximate surface area is 160 Å². The molecule has 0 bridgehead atoms. The lowest BCUT2D eigenvalue weighted by Crippen LogP contribution is -2.44. The molecule has 0 aliphatic carbocycles. The van der Waals surface area contributed by atoms with Crippen molar-refractivity contribution in [1.82, 2.24) is 9.88 Å². The van der Waals surface area contributed by atoms with E-state index in [9.17, 15) is 23.2 Å². The third-order valence-corrected chi connectivity index (χ3v) is 3.62. The van der Waals surface area contributed by atoms with Crippen molar-refractivity contribution in [3.63, 3.8) is 0 Å². The number of nitrogens with zero attached hydrogens (tertiary/aromatic N) is 2. The summed E-state index contributed by atoms with van der Waals surface area (Å²) in [6.07, 6.45) is 1.04. The Morgan fingerprint density at radius 3 is 2.39 bits per heavy atom. The maximum Gasteiger partial charge on any atom is 0.292 e. The fourth-order valence-corrected chi connectivity index (χ4v) is 2.39. The number of amides is 2. The second-order valence-corrected chi connectivity index (χ2v) is 7.11. The summed E-state index contributed by atoms with van der Waals surface area (Å²) < 4.78 is 28.8. The van der Waals surface area contributed by atoms with Crippen molar-refractivity contribution in [3.05, 3.63) is 52.9 Å². The first-order chi connectivity index (χ1) is 12.9. The normalized spacial score (nSPS) is 10.9. The first-order valence-electron chi connectivity index (χ1n) is 8.17. The average molecular weight is 388 g/mol. The van der Waals surface area contributed by atoms with Crippen LogP contribution >= 0.6 is 0 Å². The van der Waals surface area contributed by atoms with Crippen LogP contribution in [-0.4, -0.2) is 27.7 Å². The van der Waals surface area contributed by atoms with Crippen LogP contribution in [0.4, 0.5) is 14.5 Å². The van der Waals surface area contributed by atoms with E-state index in [1.165, 1.54) is 13.1 Å². The second-order valence-electron chi connectivity index (χ2n) is 7.11. The van der Waals surface area contributed by atoms with E-state index in [4.69, 9.17) is 5.26 Å². The molecule has 2 N–H and O–H groups in total. The van der Waals surface area contributed by atoms with Gasteiger partial charge < -0.3 is 15.2 Å². The highest BCUT2D eigenvalue weighted by atomic mass is 19.1. The minimum absolute atomic E-state index is 0.0312. The zero-order chi connectivity index (χ0) is 21.2. The van der Waals surface area contributed by atoms with Crippen molar-refractivity contribution >= 4 is 23.3 Å². The summed E-state index contributed by atoms with van der Waals surface area (Å²) in [4.78, 5) is 37.1. The number of anilines is 1. The van der Waals surface area contributed by atoms with Gasteiger partial charge in [0.1, 0.15) is 17.4 Å². The first-order valence-corrected chi connectivity index (χ1v) is 8.17. The van der Waals surface area contributed by atoms with Crippen molar-refractivity contribution in [2.45, 2.75) is 26.3 Å². The van der Waals surface area contributed by atoms with Gasteiger partial charge in [-0.25, -0.2) is 4.39 Å². The molecule has 1 heterocycles. The molecule has 0 unspecified atom stereocenters. The molecule has 0 saturated carbocycles. The SMILES string of the molecule is Cn1cc(C(=O)C(=O)NC(C)(C)C)c(C(=O)Nc2ccc(F)c(C#N)c2)c1F. The molecule has 2 aromatic rings. The Morgan fingerprint density at radius 2 is 1.82 bits per heavy atom. The largest absolute Gasteiger partial charge is 0.345 e. The summed E-state index contributed by atoms with van der Waals surface area (Å²) in [7, 11) is 1.27. The van der Waals surface area contributed by atoms with Gasteiger partial charge in [0.2, 0.25) is 5.95 Å². The summed E-state index contributed by atoms with van der Waals surface area (Å²) >= 11 is 0. The number of hydrogen-bond donors (Lipinski definition) is 2. The van der Waals surface area contributed by atoms with E-state index in [0.29, 0.717) is 0 Å². The number of hydrogen-bond acceptors (Lipinski definition) is 4. The lowest BCUT2D eigenvalue weighted by Gasteiger charge is -2.19. The molecule has 2 amide bonds. The van der Waals surface area contributed by atoms with Crippen molar-refractivity contribution < 1.29 is 23.2 Å². The predicted molar refractivity (Wildman–Crippen MR) is 96.7 cm³/mol. The highest BCUT2D eigenvalue weighted by Gasteiger charge is 2.30. The summed E-state index contributed by atoms with van der Waals surface area (Å²) in [5, 5.41) is 13.6. The molecule has 2 rings (SSSR count). The van der Waals surface area contributed by atoms with Crippen LogP contribution in [0.25, 0.3) is 0 Å². The monoisotopic (exact) mass is 388 g/mol. The van der Waals surface area contributed by atoms with E-state index >= 15 is 0 Å². The van der Waals surface area contributed by atoms with Gasteiger partial charge in [-0.2, -0.15) is 9.65 Å². The Morgan fingerprint density at radius 1 is 1.18 bits per heavy atom. The van der Waals surface area contributed by atoms with Crippen LogP contribution in [0.5, 0.6) is 0 Å². The average Bonchev–Trinajstić information content (AvgIpc) is 2.89. The van der Waals surface area contributed by atoms with E-state index in [1.54, 1.807) is 26.8 Å². The molecule has 0 fully saturated rings. The van der Waals surface area contributed by atoms with Gasteiger partial charge in [0, 0.05) is 24.5 Å². The quantitative estimate of drug-likeness (QED) is 0.620. The van der Waals surface area contributed by atoms with Crippen molar-refractivity contribution in [1.29, 1.82) is 5.26 Å². The Balaban J connectivity index is 2.38. The summed E-state index contributed by atoms with van der Waals surface area (Å²) in [5.41, 5.74) is -2.03. The number of nitriles is 1. The van der Waals surface area contributed by atoms with Gasteiger partial charge in [-0.15, -0.1) is 0 Å². The number of carbonyl (C=O) groups excluding carboxylic acids is 3. The van der Waals surface area contributed by atoms with E-state index in [-0.39, 0.29) is 11.3 Å². The fraction of sp³-hybridized carbons (Fsp3) is 0.263. The first kappa shape index (κ1) is 20.8. The van der Waals surface area contributed by atoms with E-state index in [0.717, 1.165) is 22.9 Å². The molecule has 0 aliphatic heterocycles. The second kappa shape index (κ2) is 7.60. The number of ketones is 1. The number of aromatic nitrogens is 1. The molecule has 28 heavy (non-hydrogen) atoms. The van der Waals surface area contributed by atoms with Crippen molar-refractivity contribution in [2.75, 3.05) is 5.32 Å². The van der Waals surface area contributed by atoms with Crippen LogP contribution in [0, 0.1) is 23.1 Å². The topological polar surface area (TPSA) is 104 Å². The lowest BCUT2D eigenvalue weighted by molar-refractivity contribution is -0.118. The molecular weight excluding hydrogens is 370 g/mol. The molecule has 0 aliphatic rings. The smallest absolute Gasteiger partial charge is 0.292 e. The number of nitrogens with one attached hydrogen (secondary N) is 2. The van der Waals surface area contributed by atoms with E-state index in [2.05, 4.69) is 10.6 Å². The molecule has 7 nitrogen and oxygen atoms in total. The van der Waals surface area contributed by atoms with Gasteiger partial charge in [-0.05, 0) is 39.0 Å². The zero-order valence-electron chi connectivity index (χ0n) is 15.7. The maximum absolute atomic E-state index is 14.5. The van der Waals surface area contributed by atoms with Gasteiger partial charge in [-0.1, -0.05) is 0 Å². The molecule has 0 saturated heterocycles. The highest BCUT2D eigenvalue weighted by Crippen LogP contribution is 2.20. The van der Waals surface area contributed by atoms with Gasteiger partial charge in [0.05, 0.1) is 11.1 Å². The number of benzene rings is 1. The Kier molecular flexibility index (Phi) is 5.64. The minimum atomic E-state index is -1.07. The highest BCUT2D eigenvalue weighted by molar-refractivity contribution is 6.44. The molecule has 1 aromatic heterocycles. The minimum Gasteiger partial charge on any atom is -0.345 e. The standard InChI is InChI=1S/C19H18F2N4O3/c1-19(2,3)24-18(28)15(26)12-9-25(4)16(21)14(12)17(27)23-11-5-6-13(20)10(7-11)8-22/h5-7,9H,1-4H3,(H,23,27)(H,24,28). The molecular formula is C19H18F2N4O3. The predicted octanol–water partition coefficient (Wildman–Crippen LogP) is 2.52. The van der Waals surface area contributed by atoms with Crippen LogP contribution in [-0.2, 0) is 11.8 Å². The third kappa shape index (κ3) is 4.40. The van der Waals surface area contributed by atoms with Crippen LogP contribution in [0.1, 0.15) is 47.1 Å². The lowest BCUT2D eigenvalue weighted by atomic mass is 10.1. The van der Waals surface area contributed by atoms with Crippen molar-refractivity contribution in [2.24, 2.45) is 7.05 Å². The van der Waals surface area contributed by atoms with Crippen LogP contribution < -0.4 is 10.6 Å². The van der Waals surface area contributed by atoms with Gasteiger partial charge in [0.25, 0.3) is 17.6 Å². The van der Waals surface area contributed by atoms with Crippen LogP contribution in [0.3, 0.4) is 0 Å². The van der Waals surface area contributed by atoms with Gasteiger partial charge in [0.15, 0.2) is 0 Å². The Bertz CT molecular complexity index is 1010. The van der Waals surface area contributed by atoms with Gasteiger partial charge >= 0.3 is 0 Å². The number of aryl methyl sites for hydroxylation is 1. The zero-order valence-corrected chi connectivity index (χ0v) is 15.7. The fourth-order valence-electron chi connectivity index (χ4n) is 2.39.